The van der Waals surface area contributed by atoms with Gasteiger partial charge in [-0.05, 0) is 49.4 Å². The summed E-state index contributed by atoms with van der Waals surface area (Å²) in [7, 11) is 0. The highest BCUT2D eigenvalue weighted by Gasteiger charge is 2.53. The van der Waals surface area contributed by atoms with Gasteiger partial charge in [0, 0.05) is 23.4 Å². The van der Waals surface area contributed by atoms with Crippen LogP contribution in [0, 0.1) is 10.1 Å². The largest absolute Gasteiger partial charge is 0.489 e. The minimum absolute atomic E-state index is 0.0149. The van der Waals surface area contributed by atoms with E-state index < -0.39 is 10.6 Å². The lowest BCUT2D eigenvalue weighted by atomic mass is 10.0. The zero-order valence-corrected chi connectivity index (χ0v) is 16.4. The van der Waals surface area contributed by atoms with Crippen molar-refractivity contribution in [3.8, 4) is 5.75 Å². The van der Waals surface area contributed by atoms with Crippen LogP contribution in [-0.4, -0.2) is 45.2 Å². The van der Waals surface area contributed by atoms with E-state index in [0.717, 1.165) is 35.3 Å². The fourth-order valence-electron chi connectivity index (χ4n) is 3.74. The second-order valence-electron chi connectivity index (χ2n) is 6.74. The van der Waals surface area contributed by atoms with Gasteiger partial charge in [0.05, 0.1) is 18.1 Å². The van der Waals surface area contributed by atoms with Crippen molar-refractivity contribution in [1.82, 2.24) is 0 Å². The second kappa shape index (κ2) is 7.44. The minimum atomic E-state index is -1.25. The van der Waals surface area contributed by atoms with Gasteiger partial charge in [0.25, 0.3) is 11.4 Å². The Morgan fingerprint density at radius 3 is 2.75 bits per heavy atom. The first-order chi connectivity index (χ1) is 13.5. The van der Waals surface area contributed by atoms with E-state index in [0.29, 0.717) is 18.7 Å². The zero-order chi connectivity index (χ0) is 19.7. The number of rotatable bonds is 5. The van der Waals surface area contributed by atoms with E-state index in [2.05, 4.69) is 4.90 Å². The molecule has 0 spiro atoms. The van der Waals surface area contributed by atoms with Crippen LogP contribution < -0.4 is 9.64 Å². The van der Waals surface area contributed by atoms with Gasteiger partial charge in [-0.25, -0.2) is 9.48 Å². The molecule has 1 unspecified atom stereocenters. The highest BCUT2D eigenvalue weighted by molar-refractivity contribution is 8.13. The summed E-state index contributed by atoms with van der Waals surface area (Å²) < 4.78 is 7.81. The maximum Gasteiger partial charge on any atom is 0.316 e. The van der Waals surface area contributed by atoms with Crippen LogP contribution in [0.15, 0.2) is 48.5 Å². The number of hydrogen-bond acceptors (Lipinski definition) is 6. The lowest BCUT2D eigenvalue weighted by Crippen LogP contribution is -2.41. The van der Waals surface area contributed by atoms with Gasteiger partial charge in [0.15, 0.2) is 18.0 Å². The maximum atomic E-state index is 11.7. The molecule has 0 amide bonds. The fraction of sp³-hybridized carbons (Fsp3) is 0.350. The van der Waals surface area contributed by atoms with E-state index >= 15 is 0 Å². The zero-order valence-electron chi connectivity index (χ0n) is 15.6. The Balaban J connectivity index is 1.77. The van der Waals surface area contributed by atoms with Crippen molar-refractivity contribution >= 4 is 28.3 Å². The Morgan fingerprint density at radius 1 is 1.29 bits per heavy atom. The Bertz CT molecular complexity index is 931. The molecule has 1 N–H and O–H groups in total. The van der Waals surface area contributed by atoms with Gasteiger partial charge in [-0.2, -0.15) is 0 Å². The number of thioether (sulfide) groups is 1. The van der Waals surface area contributed by atoms with Gasteiger partial charge < -0.3 is 9.84 Å². The van der Waals surface area contributed by atoms with Crippen LogP contribution in [0.2, 0.25) is 0 Å². The van der Waals surface area contributed by atoms with Crippen LogP contribution in [0.3, 0.4) is 0 Å². The molecule has 2 heterocycles. The number of nitrogens with zero attached hydrogens (tertiary/aromatic N) is 3. The molecule has 2 aromatic carbocycles. The van der Waals surface area contributed by atoms with Crippen molar-refractivity contribution in [3.63, 3.8) is 0 Å². The quantitative estimate of drug-likeness (QED) is 0.472. The van der Waals surface area contributed by atoms with E-state index in [1.807, 2.05) is 35.8 Å². The number of ether oxygens (including phenoxy) is 1. The van der Waals surface area contributed by atoms with Gasteiger partial charge in [-0.15, -0.1) is 0 Å². The molecule has 1 atom stereocenters. The molecule has 4 rings (SSSR count). The third-order valence-electron chi connectivity index (χ3n) is 5.04. The van der Waals surface area contributed by atoms with Crippen molar-refractivity contribution in [2.75, 3.05) is 30.3 Å². The molecule has 0 fully saturated rings. The molecule has 2 aliphatic heterocycles. The Morgan fingerprint density at radius 2 is 2.04 bits per heavy atom. The molecular weight excluding hydrogens is 378 g/mol. The average molecular weight is 400 g/mol. The number of para-hydroxylation sites is 2. The second-order valence-corrected chi connectivity index (χ2v) is 7.81. The predicted molar refractivity (Wildman–Crippen MR) is 109 cm³/mol. The molecule has 146 valence electrons. The van der Waals surface area contributed by atoms with Crippen LogP contribution in [0.25, 0.3) is 0 Å². The number of amidine groups is 1. The lowest BCUT2D eigenvalue weighted by molar-refractivity contribution is -0.656. The van der Waals surface area contributed by atoms with Gasteiger partial charge in [-0.3, -0.25) is 10.1 Å². The normalized spacial score (nSPS) is 21.6. The Labute approximate surface area is 167 Å². The summed E-state index contributed by atoms with van der Waals surface area (Å²) in [4.78, 5) is 12.6. The molecule has 0 aliphatic carbocycles. The summed E-state index contributed by atoms with van der Waals surface area (Å²) in [6, 6.07) is 14.0. The van der Waals surface area contributed by atoms with Gasteiger partial charge in [0.1, 0.15) is 0 Å². The molecule has 0 saturated heterocycles. The van der Waals surface area contributed by atoms with Crippen LogP contribution in [0.4, 0.5) is 11.4 Å². The Kier molecular flexibility index (Phi) is 4.99. The van der Waals surface area contributed by atoms with Gasteiger partial charge >= 0.3 is 5.17 Å². The number of aliphatic hydroxyl groups is 1. The number of nitro groups is 1. The van der Waals surface area contributed by atoms with E-state index in [1.54, 1.807) is 23.9 Å². The standard InChI is InChI=1S/C20H22N3O4S/c1-2-27-18-7-4-3-6-17(18)21-14-20(24,22-12-5-13-28-19(21)22)15-8-10-16(11-9-15)23(25)26/h3-4,6-11,24H,2,5,12-14H2,1H3/q+1. The monoisotopic (exact) mass is 400 g/mol. The lowest BCUT2D eigenvalue weighted by Gasteiger charge is -2.24. The summed E-state index contributed by atoms with van der Waals surface area (Å²) in [5, 5.41) is 23.6. The number of anilines is 1. The van der Waals surface area contributed by atoms with Crippen molar-refractivity contribution in [2.24, 2.45) is 0 Å². The third-order valence-corrected chi connectivity index (χ3v) is 6.23. The first kappa shape index (κ1) is 18.8. The molecule has 0 radical (unpaired) electrons. The number of benzene rings is 2. The topological polar surface area (TPSA) is 78.9 Å². The van der Waals surface area contributed by atoms with Crippen molar-refractivity contribution in [1.29, 1.82) is 0 Å². The molecule has 8 heteroatoms. The number of β-amino-alcohol motifs (C(OH)–C–C–N with tert-alkyl or cyclic N) is 1. The summed E-state index contributed by atoms with van der Waals surface area (Å²) in [6.07, 6.45) is 0.963. The molecule has 0 saturated carbocycles. The first-order valence-corrected chi connectivity index (χ1v) is 10.3. The number of non-ortho nitro benzene ring substituents is 1. The predicted octanol–water partition coefficient (Wildman–Crippen LogP) is 3.16. The van der Waals surface area contributed by atoms with Crippen LogP contribution in [-0.2, 0) is 5.72 Å². The SMILES string of the molecule is CCOc1ccccc1N1CC(O)(c2ccc([N+](=O)[O-])cc2)[N+]2=C1SCCC2. The molecule has 7 nitrogen and oxygen atoms in total. The summed E-state index contributed by atoms with van der Waals surface area (Å²) in [5.41, 5.74) is 0.323. The van der Waals surface area contributed by atoms with Crippen molar-refractivity contribution < 1.29 is 19.3 Å². The highest BCUT2D eigenvalue weighted by atomic mass is 32.2. The molecular formula is C20H22N3O4S+. The van der Waals surface area contributed by atoms with E-state index in [9.17, 15) is 15.2 Å². The van der Waals surface area contributed by atoms with Crippen molar-refractivity contribution in [3.05, 3.63) is 64.2 Å². The van der Waals surface area contributed by atoms with E-state index in [-0.39, 0.29) is 5.69 Å². The van der Waals surface area contributed by atoms with E-state index in [1.165, 1.54) is 12.1 Å². The molecule has 0 aromatic heterocycles. The molecule has 28 heavy (non-hydrogen) atoms. The maximum absolute atomic E-state index is 11.7. The smallest absolute Gasteiger partial charge is 0.316 e. The molecule has 2 aromatic rings. The molecule has 2 aliphatic rings. The van der Waals surface area contributed by atoms with Crippen molar-refractivity contribution in [2.45, 2.75) is 19.1 Å². The van der Waals surface area contributed by atoms with Gasteiger partial charge in [0.2, 0.25) is 0 Å². The summed E-state index contributed by atoms with van der Waals surface area (Å²) >= 11 is 1.71. The average Bonchev–Trinajstić information content (AvgIpc) is 3.03. The van der Waals surface area contributed by atoms with E-state index in [4.69, 9.17) is 4.74 Å². The number of hydrogen-bond donors (Lipinski definition) is 1. The number of nitro benzene ring substituents is 1. The third kappa shape index (κ3) is 3.12. The first-order valence-electron chi connectivity index (χ1n) is 9.28. The highest BCUT2D eigenvalue weighted by Crippen LogP contribution is 2.40. The van der Waals surface area contributed by atoms with Crippen LogP contribution in [0.5, 0.6) is 5.75 Å². The minimum Gasteiger partial charge on any atom is -0.489 e. The summed E-state index contributed by atoms with van der Waals surface area (Å²) in [6.45, 7) is 3.56. The van der Waals surface area contributed by atoms with Crippen LogP contribution in [0.1, 0.15) is 18.9 Å². The fourth-order valence-corrected chi connectivity index (χ4v) is 4.92. The summed E-state index contributed by atoms with van der Waals surface area (Å²) in [5.74, 6) is 1.76. The Hall–Kier alpha value is -2.58. The van der Waals surface area contributed by atoms with Gasteiger partial charge in [-0.1, -0.05) is 12.1 Å². The molecule has 0 bridgehead atoms. The van der Waals surface area contributed by atoms with Crippen LogP contribution >= 0.6 is 11.8 Å².